The molecule has 0 radical (unpaired) electrons. The average molecular weight is 297 g/mol. The van der Waals surface area contributed by atoms with Gasteiger partial charge >= 0.3 is 5.97 Å². The van der Waals surface area contributed by atoms with Gasteiger partial charge in [0.15, 0.2) is 5.69 Å². The van der Waals surface area contributed by atoms with Crippen LogP contribution < -0.4 is 0 Å². The molecule has 110 valence electrons. The van der Waals surface area contributed by atoms with Crippen LogP contribution in [0.5, 0.6) is 0 Å². The quantitative estimate of drug-likeness (QED) is 0.589. The van der Waals surface area contributed by atoms with Gasteiger partial charge in [-0.2, -0.15) is 5.10 Å². The Bertz CT molecular complexity index is 871. The number of carboxylic acid groups (broad SMARTS) is 1. The number of nitro groups is 1. The summed E-state index contributed by atoms with van der Waals surface area (Å²) in [6.45, 7) is 0.391. The molecule has 0 saturated carbocycles. The molecule has 0 aliphatic heterocycles. The van der Waals surface area contributed by atoms with E-state index in [-0.39, 0.29) is 16.8 Å². The lowest BCUT2D eigenvalue weighted by Gasteiger charge is -2.03. The van der Waals surface area contributed by atoms with Crippen LogP contribution in [-0.2, 0) is 6.54 Å². The number of aromatic nitrogens is 2. The molecule has 0 aliphatic rings. The van der Waals surface area contributed by atoms with Gasteiger partial charge < -0.3 is 5.11 Å². The molecule has 7 heteroatoms. The molecule has 0 fully saturated rings. The zero-order chi connectivity index (χ0) is 15.7. The van der Waals surface area contributed by atoms with Crippen LogP contribution in [0.15, 0.2) is 48.5 Å². The molecule has 1 aromatic heterocycles. The van der Waals surface area contributed by atoms with Gasteiger partial charge in [-0.3, -0.25) is 14.8 Å². The molecule has 22 heavy (non-hydrogen) atoms. The molecule has 0 unspecified atom stereocenters. The fourth-order valence-corrected chi connectivity index (χ4v) is 2.32. The van der Waals surface area contributed by atoms with E-state index in [0.717, 1.165) is 5.56 Å². The Hall–Kier alpha value is -3.22. The van der Waals surface area contributed by atoms with Crippen LogP contribution in [0.1, 0.15) is 16.1 Å². The van der Waals surface area contributed by atoms with Gasteiger partial charge in [0.05, 0.1) is 17.0 Å². The number of fused-ring (bicyclic) bond motifs is 1. The highest BCUT2D eigenvalue weighted by molar-refractivity contribution is 6.01. The summed E-state index contributed by atoms with van der Waals surface area (Å²) in [4.78, 5) is 21.6. The first-order chi connectivity index (χ1) is 10.6. The van der Waals surface area contributed by atoms with Crippen LogP contribution in [0.25, 0.3) is 10.9 Å². The largest absolute Gasteiger partial charge is 0.476 e. The normalized spacial score (nSPS) is 10.7. The number of benzene rings is 2. The van der Waals surface area contributed by atoms with Crippen LogP contribution in [0.3, 0.4) is 0 Å². The van der Waals surface area contributed by atoms with Crippen molar-refractivity contribution in [3.63, 3.8) is 0 Å². The van der Waals surface area contributed by atoms with Crippen molar-refractivity contribution in [1.82, 2.24) is 9.78 Å². The van der Waals surface area contributed by atoms with Gasteiger partial charge in [-0.25, -0.2) is 4.79 Å². The van der Waals surface area contributed by atoms with E-state index in [2.05, 4.69) is 5.10 Å². The summed E-state index contributed by atoms with van der Waals surface area (Å²) >= 11 is 0. The number of carboxylic acids is 1. The first-order valence-electron chi connectivity index (χ1n) is 6.48. The fraction of sp³-hybridized carbons (Fsp3) is 0.0667. The average Bonchev–Trinajstić information content (AvgIpc) is 2.86. The molecule has 2 aromatic carbocycles. The molecular formula is C15H11N3O4. The SMILES string of the molecule is O=C(O)c1nn(Cc2ccccc2)c2ccc([N+](=O)[O-])cc12. The second-order valence-corrected chi connectivity index (χ2v) is 4.76. The van der Waals surface area contributed by atoms with Gasteiger partial charge in [-0.05, 0) is 11.6 Å². The summed E-state index contributed by atoms with van der Waals surface area (Å²) in [5.74, 6) is -1.21. The Morgan fingerprint density at radius 1 is 1.23 bits per heavy atom. The molecule has 3 aromatic rings. The molecule has 0 amide bonds. The van der Waals surface area contributed by atoms with Crippen LogP contribution >= 0.6 is 0 Å². The highest BCUT2D eigenvalue weighted by Crippen LogP contribution is 2.24. The summed E-state index contributed by atoms with van der Waals surface area (Å²) in [6.07, 6.45) is 0. The van der Waals surface area contributed by atoms with Gasteiger partial charge in [0.1, 0.15) is 0 Å². The van der Waals surface area contributed by atoms with Gasteiger partial charge in [0.2, 0.25) is 0 Å². The molecule has 0 saturated heterocycles. The van der Waals surface area contributed by atoms with Crippen molar-refractivity contribution in [3.8, 4) is 0 Å². The Labute approximate surface area is 124 Å². The van der Waals surface area contributed by atoms with E-state index in [1.54, 1.807) is 0 Å². The molecule has 1 heterocycles. The molecule has 7 nitrogen and oxygen atoms in total. The highest BCUT2D eigenvalue weighted by atomic mass is 16.6. The summed E-state index contributed by atoms with van der Waals surface area (Å²) in [7, 11) is 0. The lowest BCUT2D eigenvalue weighted by atomic mass is 10.2. The number of hydrogen-bond donors (Lipinski definition) is 1. The Balaban J connectivity index is 2.15. The number of non-ortho nitro benzene ring substituents is 1. The maximum Gasteiger partial charge on any atom is 0.357 e. The number of nitrogens with zero attached hydrogens (tertiary/aromatic N) is 3. The standard InChI is InChI=1S/C15H11N3O4/c19-15(20)14-12-8-11(18(21)22)6-7-13(12)17(16-14)9-10-4-2-1-3-5-10/h1-8H,9H2,(H,19,20). The zero-order valence-electron chi connectivity index (χ0n) is 11.3. The van der Waals surface area contributed by atoms with Crippen molar-refractivity contribution in [2.75, 3.05) is 0 Å². The van der Waals surface area contributed by atoms with Gasteiger partial charge in [0.25, 0.3) is 5.69 Å². The minimum atomic E-state index is -1.21. The predicted molar refractivity (Wildman–Crippen MR) is 78.9 cm³/mol. The fourth-order valence-electron chi connectivity index (χ4n) is 2.32. The number of carbonyl (C=O) groups is 1. The third-order valence-electron chi connectivity index (χ3n) is 3.32. The van der Waals surface area contributed by atoms with Crippen molar-refractivity contribution in [3.05, 3.63) is 69.9 Å². The second kappa shape index (κ2) is 5.28. The Kier molecular flexibility index (Phi) is 3.30. The third-order valence-corrected chi connectivity index (χ3v) is 3.32. The van der Waals surface area contributed by atoms with Crippen LogP contribution in [-0.4, -0.2) is 25.8 Å². The van der Waals surface area contributed by atoms with E-state index in [1.807, 2.05) is 30.3 Å². The van der Waals surface area contributed by atoms with Crippen molar-refractivity contribution in [2.45, 2.75) is 6.54 Å². The van der Waals surface area contributed by atoms with E-state index >= 15 is 0 Å². The van der Waals surface area contributed by atoms with Crippen molar-refractivity contribution >= 4 is 22.6 Å². The Morgan fingerprint density at radius 3 is 2.59 bits per heavy atom. The van der Waals surface area contributed by atoms with Gasteiger partial charge in [-0.15, -0.1) is 0 Å². The second-order valence-electron chi connectivity index (χ2n) is 4.76. The van der Waals surface area contributed by atoms with E-state index in [0.29, 0.717) is 12.1 Å². The van der Waals surface area contributed by atoms with Gasteiger partial charge in [0, 0.05) is 17.5 Å². The first-order valence-corrected chi connectivity index (χ1v) is 6.48. The summed E-state index contributed by atoms with van der Waals surface area (Å²) < 4.78 is 1.54. The minimum Gasteiger partial charge on any atom is -0.476 e. The number of rotatable bonds is 4. The van der Waals surface area contributed by atoms with E-state index < -0.39 is 10.9 Å². The van der Waals surface area contributed by atoms with Crippen molar-refractivity contribution in [1.29, 1.82) is 0 Å². The molecule has 1 N–H and O–H groups in total. The lowest BCUT2D eigenvalue weighted by molar-refractivity contribution is -0.384. The van der Waals surface area contributed by atoms with E-state index in [4.69, 9.17) is 0 Å². The highest BCUT2D eigenvalue weighted by Gasteiger charge is 2.19. The number of hydrogen-bond acceptors (Lipinski definition) is 4. The summed E-state index contributed by atoms with van der Waals surface area (Å²) in [5.41, 5.74) is 1.16. The van der Waals surface area contributed by atoms with Crippen molar-refractivity contribution in [2.24, 2.45) is 0 Å². The number of nitro benzene ring substituents is 1. The smallest absolute Gasteiger partial charge is 0.357 e. The predicted octanol–water partition coefficient (Wildman–Crippen LogP) is 2.69. The van der Waals surface area contributed by atoms with Crippen LogP contribution in [0, 0.1) is 10.1 Å². The maximum atomic E-state index is 11.3. The molecule has 0 aliphatic carbocycles. The zero-order valence-corrected chi connectivity index (χ0v) is 11.3. The Morgan fingerprint density at radius 2 is 1.95 bits per heavy atom. The third kappa shape index (κ3) is 2.39. The topological polar surface area (TPSA) is 98.3 Å². The van der Waals surface area contributed by atoms with Gasteiger partial charge in [-0.1, -0.05) is 30.3 Å². The molecule has 0 bridgehead atoms. The van der Waals surface area contributed by atoms with Crippen LogP contribution in [0.2, 0.25) is 0 Å². The van der Waals surface area contributed by atoms with E-state index in [9.17, 15) is 20.0 Å². The molecule has 3 rings (SSSR count). The molecule has 0 spiro atoms. The minimum absolute atomic E-state index is 0.158. The number of aromatic carboxylic acids is 1. The summed E-state index contributed by atoms with van der Waals surface area (Å²) in [6, 6.07) is 13.6. The maximum absolute atomic E-state index is 11.3. The van der Waals surface area contributed by atoms with E-state index in [1.165, 1.54) is 22.9 Å². The molecule has 0 atom stereocenters. The van der Waals surface area contributed by atoms with Crippen LogP contribution in [0.4, 0.5) is 5.69 Å². The molecular weight excluding hydrogens is 286 g/mol. The lowest BCUT2D eigenvalue weighted by Crippen LogP contribution is -2.04. The van der Waals surface area contributed by atoms with Crippen molar-refractivity contribution < 1.29 is 14.8 Å². The summed E-state index contributed by atoms with van der Waals surface area (Å²) in [5, 5.41) is 24.4. The first kappa shape index (κ1) is 13.7. The monoisotopic (exact) mass is 297 g/mol.